The largest absolute Gasteiger partial charge is 0.497 e. The standard InChI is InChI=1S/C18H16FN3O2S/c1-24-11-4-5-13(16(19)7-11)14-8-17(23)21-18-15(14)9-20-22(18)10-12-3-2-6-25-12/h2-7,9,14H,8,10H2,1H3,(H,21,23). The molecule has 5 nitrogen and oxygen atoms in total. The van der Waals surface area contributed by atoms with E-state index in [0.29, 0.717) is 23.7 Å². The van der Waals surface area contributed by atoms with E-state index in [4.69, 9.17) is 4.74 Å². The van der Waals surface area contributed by atoms with Crippen LogP contribution in [0, 0.1) is 5.82 Å². The van der Waals surface area contributed by atoms with E-state index >= 15 is 0 Å². The zero-order valence-corrected chi connectivity index (χ0v) is 14.3. The molecule has 1 aromatic carbocycles. The Hall–Kier alpha value is -2.67. The van der Waals surface area contributed by atoms with E-state index in [0.717, 1.165) is 10.4 Å². The lowest BCUT2D eigenvalue weighted by molar-refractivity contribution is -0.116. The number of aromatic nitrogens is 2. The molecular weight excluding hydrogens is 341 g/mol. The summed E-state index contributed by atoms with van der Waals surface area (Å²) in [4.78, 5) is 13.3. The number of nitrogens with one attached hydrogen (secondary N) is 1. The predicted molar refractivity (Wildman–Crippen MR) is 93.7 cm³/mol. The van der Waals surface area contributed by atoms with Gasteiger partial charge in [-0.15, -0.1) is 11.3 Å². The first-order chi connectivity index (χ1) is 12.2. The van der Waals surface area contributed by atoms with Crippen molar-refractivity contribution < 1.29 is 13.9 Å². The lowest BCUT2D eigenvalue weighted by atomic mass is 9.87. The van der Waals surface area contributed by atoms with Crippen LogP contribution in [0.1, 0.15) is 28.3 Å². The summed E-state index contributed by atoms with van der Waals surface area (Å²) in [6.45, 7) is 0.574. The topological polar surface area (TPSA) is 56.1 Å². The number of amides is 1. The second-order valence-electron chi connectivity index (χ2n) is 5.88. The summed E-state index contributed by atoms with van der Waals surface area (Å²) in [5.41, 5.74) is 1.31. The first-order valence-corrected chi connectivity index (χ1v) is 8.75. The average molecular weight is 357 g/mol. The number of hydrogen-bond donors (Lipinski definition) is 1. The summed E-state index contributed by atoms with van der Waals surface area (Å²) >= 11 is 1.63. The van der Waals surface area contributed by atoms with Gasteiger partial charge in [0.1, 0.15) is 17.4 Å². The molecule has 1 aliphatic heterocycles. The van der Waals surface area contributed by atoms with Crippen LogP contribution in [0.4, 0.5) is 10.2 Å². The minimum absolute atomic E-state index is 0.138. The third kappa shape index (κ3) is 2.91. The highest BCUT2D eigenvalue weighted by Gasteiger charge is 2.31. The van der Waals surface area contributed by atoms with Gasteiger partial charge in [-0.2, -0.15) is 5.10 Å². The molecule has 3 aromatic rings. The molecule has 25 heavy (non-hydrogen) atoms. The van der Waals surface area contributed by atoms with Crippen molar-refractivity contribution in [1.29, 1.82) is 0 Å². The van der Waals surface area contributed by atoms with Gasteiger partial charge >= 0.3 is 0 Å². The molecule has 0 spiro atoms. The zero-order chi connectivity index (χ0) is 17.4. The number of ether oxygens (including phenoxy) is 1. The van der Waals surface area contributed by atoms with Crippen LogP contribution in [0.15, 0.2) is 41.9 Å². The molecule has 128 valence electrons. The highest BCUT2D eigenvalue weighted by atomic mass is 32.1. The maximum absolute atomic E-state index is 14.5. The second-order valence-corrected chi connectivity index (χ2v) is 6.91. The van der Waals surface area contributed by atoms with Gasteiger partial charge in [0.2, 0.25) is 5.91 Å². The molecule has 4 rings (SSSR count). The number of hydrogen-bond acceptors (Lipinski definition) is 4. The lowest BCUT2D eigenvalue weighted by Crippen LogP contribution is -2.25. The highest BCUT2D eigenvalue weighted by Crippen LogP contribution is 2.39. The van der Waals surface area contributed by atoms with Gasteiger partial charge in [-0.1, -0.05) is 12.1 Å². The number of rotatable bonds is 4. The van der Waals surface area contributed by atoms with Crippen LogP contribution >= 0.6 is 11.3 Å². The van der Waals surface area contributed by atoms with Crippen LogP contribution in [0.5, 0.6) is 5.75 Å². The number of nitrogens with zero attached hydrogens (tertiary/aromatic N) is 2. The number of benzene rings is 1. The van der Waals surface area contributed by atoms with Gasteiger partial charge in [0.25, 0.3) is 0 Å². The summed E-state index contributed by atoms with van der Waals surface area (Å²) in [6.07, 6.45) is 1.91. The lowest BCUT2D eigenvalue weighted by Gasteiger charge is -2.24. The van der Waals surface area contributed by atoms with E-state index in [2.05, 4.69) is 10.4 Å². The molecular formula is C18H16FN3O2S. The van der Waals surface area contributed by atoms with Crippen LogP contribution in [0.25, 0.3) is 0 Å². The first kappa shape index (κ1) is 15.8. The van der Waals surface area contributed by atoms with Gasteiger partial charge in [-0.3, -0.25) is 4.79 Å². The van der Waals surface area contributed by atoms with Gasteiger partial charge < -0.3 is 10.1 Å². The number of carbonyl (C=O) groups excluding carboxylic acids is 1. The van der Waals surface area contributed by atoms with Crippen molar-refractivity contribution >= 4 is 23.1 Å². The second kappa shape index (κ2) is 6.33. The van der Waals surface area contributed by atoms with Gasteiger partial charge in [0.05, 0.1) is 19.9 Å². The maximum Gasteiger partial charge on any atom is 0.226 e. The maximum atomic E-state index is 14.5. The quantitative estimate of drug-likeness (QED) is 0.776. The van der Waals surface area contributed by atoms with Crippen molar-refractivity contribution in [2.24, 2.45) is 0 Å². The molecule has 0 aliphatic carbocycles. The van der Waals surface area contributed by atoms with E-state index < -0.39 is 0 Å². The molecule has 0 bridgehead atoms. The Morgan fingerprint density at radius 3 is 3.00 bits per heavy atom. The fraction of sp³-hybridized carbons (Fsp3) is 0.222. The third-order valence-electron chi connectivity index (χ3n) is 4.36. The molecule has 3 heterocycles. The van der Waals surface area contributed by atoms with Crippen LogP contribution in [0.3, 0.4) is 0 Å². The number of fused-ring (bicyclic) bond motifs is 1. The van der Waals surface area contributed by atoms with Crippen molar-refractivity contribution in [3.05, 3.63) is 63.7 Å². The van der Waals surface area contributed by atoms with E-state index in [1.54, 1.807) is 34.3 Å². The summed E-state index contributed by atoms with van der Waals surface area (Å²) in [7, 11) is 1.50. The summed E-state index contributed by atoms with van der Waals surface area (Å²) in [5.74, 6) is 0.225. The Bertz CT molecular complexity index is 921. The third-order valence-corrected chi connectivity index (χ3v) is 5.22. The van der Waals surface area contributed by atoms with E-state index in [1.165, 1.54) is 13.2 Å². The number of halogens is 1. The van der Waals surface area contributed by atoms with Crippen LogP contribution in [-0.4, -0.2) is 22.8 Å². The number of thiophene rings is 1. The molecule has 1 N–H and O–H groups in total. The Morgan fingerprint density at radius 1 is 1.40 bits per heavy atom. The first-order valence-electron chi connectivity index (χ1n) is 7.87. The molecule has 1 unspecified atom stereocenters. The Kier molecular flexibility index (Phi) is 4.01. The summed E-state index contributed by atoms with van der Waals surface area (Å²) in [5, 5.41) is 9.29. The summed E-state index contributed by atoms with van der Waals surface area (Å²) in [6, 6.07) is 8.73. The number of carbonyl (C=O) groups is 1. The van der Waals surface area contributed by atoms with Gasteiger partial charge in [-0.05, 0) is 23.1 Å². The average Bonchev–Trinajstić information content (AvgIpc) is 3.25. The molecule has 1 amide bonds. The molecule has 0 radical (unpaired) electrons. The highest BCUT2D eigenvalue weighted by molar-refractivity contribution is 7.09. The van der Waals surface area contributed by atoms with Crippen molar-refractivity contribution in [3.8, 4) is 5.75 Å². The van der Waals surface area contributed by atoms with Crippen molar-refractivity contribution in [1.82, 2.24) is 9.78 Å². The monoisotopic (exact) mass is 357 g/mol. The molecule has 1 atom stereocenters. The van der Waals surface area contributed by atoms with Crippen LogP contribution in [0.2, 0.25) is 0 Å². The molecule has 1 aliphatic rings. The molecule has 7 heteroatoms. The Labute approximate surface area is 148 Å². The Morgan fingerprint density at radius 2 is 2.28 bits per heavy atom. The normalized spacial score (nSPS) is 16.4. The van der Waals surface area contributed by atoms with Crippen molar-refractivity contribution in [3.63, 3.8) is 0 Å². The van der Waals surface area contributed by atoms with Gasteiger partial charge in [0, 0.05) is 28.8 Å². The van der Waals surface area contributed by atoms with Gasteiger partial charge in [-0.25, -0.2) is 9.07 Å². The predicted octanol–water partition coefficient (Wildman–Crippen LogP) is 3.61. The van der Waals surface area contributed by atoms with Crippen LogP contribution < -0.4 is 10.1 Å². The van der Waals surface area contributed by atoms with Gasteiger partial charge in [0.15, 0.2) is 0 Å². The molecule has 2 aromatic heterocycles. The number of anilines is 1. The molecule has 0 saturated carbocycles. The summed E-state index contributed by atoms with van der Waals surface area (Å²) < 4.78 is 21.3. The molecule has 0 saturated heterocycles. The van der Waals surface area contributed by atoms with Crippen molar-refractivity contribution in [2.45, 2.75) is 18.9 Å². The Balaban J connectivity index is 1.73. The fourth-order valence-electron chi connectivity index (χ4n) is 3.13. The van der Waals surface area contributed by atoms with Crippen LogP contribution in [-0.2, 0) is 11.3 Å². The van der Waals surface area contributed by atoms with Crippen molar-refractivity contribution in [2.75, 3.05) is 12.4 Å². The minimum Gasteiger partial charge on any atom is -0.497 e. The van der Waals surface area contributed by atoms with E-state index in [-0.39, 0.29) is 24.1 Å². The smallest absolute Gasteiger partial charge is 0.226 e. The van der Waals surface area contributed by atoms with E-state index in [1.807, 2.05) is 17.5 Å². The van der Waals surface area contributed by atoms with E-state index in [9.17, 15) is 9.18 Å². The minimum atomic E-state index is -0.379. The molecule has 0 fully saturated rings. The fourth-order valence-corrected chi connectivity index (χ4v) is 3.82. The number of methoxy groups -OCH3 is 1. The zero-order valence-electron chi connectivity index (χ0n) is 13.5. The SMILES string of the molecule is COc1ccc(C2CC(=O)Nc3c2cnn3Cc2cccs2)c(F)c1.